The number of aliphatic carboxylic acids is 1. The van der Waals surface area contributed by atoms with Crippen molar-refractivity contribution in [1.82, 2.24) is 0 Å². The summed E-state index contributed by atoms with van der Waals surface area (Å²) in [4.78, 5) is 22.5. The van der Waals surface area contributed by atoms with Gasteiger partial charge in [0.15, 0.2) is 0 Å². The fourth-order valence-electron chi connectivity index (χ4n) is 3.22. The van der Waals surface area contributed by atoms with Gasteiger partial charge in [0.05, 0.1) is 12.2 Å². The molecule has 0 heterocycles. The van der Waals surface area contributed by atoms with Gasteiger partial charge in [-0.05, 0) is 25.7 Å². The van der Waals surface area contributed by atoms with E-state index in [0.29, 0.717) is 25.7 Å². The molecule has 0 aromatic carbocycles. The molecule has 1 aliphatic rings. The number of carboxylic acids is 1. The lowest BCUT2D eigenvalue weighted by Crippen LogP contribution is -2.18. The van der Waals surface area contributed by atoms with Crippen LogP contribution in [0.1, 0.15) is 64.7 Å². The number of allylic oxidation sites excluding steroid dienone is 2. The van der Waals surface area contributed by atoms with Crippen LogP contribution in [0.2, 0.25) is 0 Å². The molecule has 4 atom stereocenters. The Kier molecular flexibility index (Phi) is 10.3. The van der Waals surface area contributed by atoms with Crippen molar-refractivity contribution >= 4 is 11.8 Å². The molecule has 0 bridgehead atoms. The zero-order valence-corrected chi connectivity index (χ0v) is 15.1. The summed E-state index contributed by atoms with van der Waals surface area (Å²) in [6.45, 7) is 2.11. The van der Waals surface area contributed by atoms with Crippen molar-refractivity contribution in [3.8, 4) is 0 Å². The monoisotopic (exact) mass is 352 g/mol. The molecule has 25 heavy (non-hydrogen) atoms. The molecule has 0 aliphatic heterocycles. The van der Waals surface area contributed by atoms with Crippen molar-refractivity contribution in [2.45, 2.75) is 76.9 Å². The fraction of sp³-hybridized carbons (Fsp3) is 0.700. The molecule has 142 valence electrons. The number of aliphatic hydroxyl groups excluding tert-OH is 2. The van der Waals surface area contributed by atoms with Crippen LogP contribution in [-0.4, -0.2) is 39.3 Å². The highest BCUT2D eigenvalue weighted by atomic mass is 16.4. The van der Waals surface area contributed by atoms with Gasteiger partial charge in [0.1, 0.15) is 5.78 Å². The summed E-state index contributed by atoms with van der Waals surface area (Å²) in [5.74, 6) is -1.26. The van der Waals surface area contributed by atoms with Gasteiger partial charge in [-0.3, -0.25) is 9.59 Å². The number of rotatable bonds is 12. The molecule has 1 unspecified atom stereocenters. The highest BCUT2D eigenvalue weighted by molar-refractivity contribution is 5.84. The Morgan fingerprint density at radius 1 is 1.28 bits per heavy atom. The van der Waals surface area contributed by atoms with Crippen molar-refractivity contribution in [3.05, 3.63) is 24.3 Å². The van der Waals surface area contributed by atoms with Gasteiger partial charge in [-0.15, -0.1) is 0 Å². The summed E-state index contributed by atoms with van der Waals surface area (Å²) >= 11 is 0. The fourth-order valence-corrected chi connectivity index (χ4v) is 3.22. The molecule has 1 aliphatic carbocycles. The van der Waals surface area contributed by atoms with Gasteiger partial charge in [-0.2, -0.15) is 0 Å². The number of carboxylic acid groups (broad SMARTS) is 1. The first-order valence-corrected chi connectivity index (χ1v) is 9.39. The number of carbonyl (C=O) groups is 2. The van der Waals surface area contributed by atoms with Gasteiger partial charge in [-0.25, -0.2) is 0 Å². The van der Waals surface area contributed by atoms with E-state index >= 15 is 0 Å². The van der Waals surface area contributed by atoms with Crippen molar-refractivity contribution in [2.24, 2.45) is 11.8 Å². The van der Waals surface area contributed by atoms with Gasteiger partial charge in [0.2, 0.25) is 0 Å². The van der Waals surface area contributed by atoms with Crippen molar-refractivity contribution in [3.63, 3.8) is 0 Å². The summed E-state index contributed by atoms with van der Waals surface area (Å²) in [5, 5.41) is 28.7. The first kappa shape index (κ1) is 21.6. The van der Waals surface area contributed by atoms with Crippen LogP contribution in [0.15, 0.2) is 24.3 Å². The third kappa shape index (κ3) is 8.45. The van der Waals surface area contributed by atoms with Crippen molar-refractivity contribution < 1.29 is 24.9 Å². The number of hydrogen-bond acceptors (Lipinski definition) is 4. The van der Waals surface area contributed by atoms with Crippen LogP contribution in [-0.2, 0) is 9.59 Å². The summed E-state index contributed by atoms with van der Waals surface area (Å²) < 4.78 is 0. The molecule has 3 N–H and O–H groups in total. The second-order valence-electron chi connectivity index (χ2n) is 6.86. The lowest BCUT2D eigenvalue weighted by Gasteiger charge is -2.16. The van der Waals surface area contributed by atoms with E-state index in [1.165, 1.54) is 0 Å². The topological polar surface area (TPSA) is 94.8 Å². The highest BCUT2D eigenvalue weighted by Crippen LogP contribution is 2.33. The van der Waals surface area contributed by atoms with E-state index in [9.17, 15) is 19.8 Å². The number of unbranched alkanes of at least 4 members (excludes halogenated alkanes) is 3. The van der Waals surface area contributed by atoms with Crippen molar-refractivity contribution in [2.75, 3.05) is 0 Å². The second-order valence-corrected chi connectivity index (χ2v) is 6.86. The Balaban J connectivity index is 2.48. The van der Waals surface area contributed by atoms with E-state index < -0.39 is 18.2 Å². The SMILES string of the molecule is CCCCCC(O)C=C[C@H]1[C@H](O)CC(=O)[C@@H]1C/C=C/CCCC(=O)O. The van der Waals surface area contributed by atoms with E-state index in [0.717, 1.165) is 19.3 Å². The molecular weight excluding hydrogens is 320 g/mol. The smallest absolute Gasteiger partial charge is 0.303 e. The Bertz CT molecular complexity index is 469. The van der Waals surface area contributed by atoms with E-state index in [4.69, 9.17) is 5.11 Å². The molecule has 5 heteroatoms. The Morgan fingerprint density at radius 3 is 2.72 bits per heavy atom. The lowest BCUT2D eigenvalue weighted by molar-refractivity contribution is -0.137. The molecule has 1 saturated carbocycles. The van der Waals surface area contributed by atoms with Crippen LogP contribution < -0.4 is 0 Å². The minimum atomic E-state index is -0.801. The van der Waals surface area contributed by atoms with Gasteiger partial charge in [0.25, 0.3) is 0 Å². The maximum atomic E-state index is 12.1. The number of hydrogen-bond donors (Lipinski definition) is 3. The van der Waals surface area contributed by atoms with E-state index in [1.807, 2.05) is 12.2 Å². The van der Waals surface area contributed by atoms with Crippen LogP contribution >= 0.6 is 0 Å². The molecule has 5 nitrogen and oxygen atoms in total. The van der Waals surface area contributed by atoms with Crippen molar-refractivity contribution in [1.29, 1.82) is 0 Å². The number of Topliss-reactive ketones (excluding diaryl/α,β-unsaturated/α-hetero) is 1. The summed E-state index contributed by atoms with van der Waals surface area (Å²) in [7, 11) is 0. The first-order valence-electron chi connectivity index (χ1n) is 9.39. The molecule has 1 rings (SSSR count). The quantitative estimate of drug-likeness (QED) is 0.370. The maximum Gasteiger partial charge on any atom is 0.303 e. The number of aliphatic hydroxyl groups is 2. The van der Waals surface area contributed by atoms with Gasteiger partial charge >= 0.3 is 5.97 Å². The zero-order chi connectivity index (χ0) is 18.7. The minimum absolute atomic E-state index is 0.0535. The van der Waals surface area contributed by atoms with Crippen LogP contribution in [0.5, 0.6) is 0 Å². The minimum Gasteiger partial charge on any atom is -0.481 e. The molecule has 0 spiro atoms. The summed E-state index contributed by atoms with van der Waals surface area (Å²) in [6.07, 6.45) is 12.1. The van der Waals surface area contributed by atoms with E-state index in [2.05, 4.69) is 6.92 Å². The first-order chi connectivity index (χ1) is 12.0. The van der Waals surface area contributed by atoms with Crippen LogP contribution in [0.25, 0.3) is 0 Å². The average Bonchev–Trinajstić information content (AvgIpc) is 2.82. The molecular formula is C20H32O5. The third-order valence-corrected chi connectivity index (χ3v) is 4.71. The van der Waals surface area contributed by atoms with E-state index in [-0.39, 0.29) is 30.5 Å². The maximum absolute atomic E-state index is 12.1. The molecule has 0 amide bonds. The second kappa shape index (κ2) is 12.0. The van der Waals surface area contributed by atoms with Crippen LogP contribution in [0, 0.1) is 11.8 Å². The Morgan fingerprint density at radius 2 is 2.04 bits per heavy atom. The Hall–Kier alpha value is -1.46. The predicted octanol–water partition coefficient (Wildman–Crippen LogP) is 3.25. The number of ketones is 1. The predicted molar refractivity (Wildman–Crippen MR) is 97.1 cm³/mol. The molecule has 1 fully saturated rings. The molecule has 0 radical (unpaired) electrons. The van der Waals surface area contributed by atoms with Gasteiger partial charge < -0.3 is 15.3 Å². The highest BCUT2D eigenvalue weighted by Gasteiger charge is 2.39. The average molecular weight is 352 g/mol. The molecule has 0 aromatic rings. The third-order valence-electron chi connectivity index (χ3n) is 4.71. The lowest BCUT2D eigenvalue weighted by atomic mass is 9.90. The van der Waals surface area contributed by atoms with Crippen LogP contribution in [0.3, 0.4) is 0 Å². The normalized spacial score (nSPS) is 25.2. The Labute approximate surface area is 150 Å². The zero-order valence-electron chi connectivity index (χ0n) is 15.1. The molecule has 0 aromatic heterocycles. The van der Waals surface area contributed by atoms with Gasteiger partial charge in [0, 0.05) is 24.7 Å². The molecule has 0 saturated heterocycles. The standard InChI is InChI=1S/C20H32O5/c1-2-3-6-9-15(21)12-13-17-16(18(22)14-19(17)23)10-7-4-5-8-11-20(24)25/h4,7,12-13,15-17,19,21,23H,2-3,5-6,8-11,14H2,1H3,(H,24,25)/b7-4+,13-12?/t15?,16-,17-,19-/m1/s1. The van der Waals surface area contributed by atoms with E-state index in [1.54, 1.807) is 12.2 Å². The summed E-state index contributed by atoms with van der Waals surface area (Å²) in [6, 6.07) is 0. The summed E-state index contributed by atoms with van der Waals surface area (Å²) in [5.41, 5.74) is 0. The largest absolute Gasteiger partial charge is 0.481 e. The van der Waals surface area contributed by atoms with Gasteiger partial charge in [-0.1, -0.05) is 50.5 Å². The van der Waals surface area contributed by atoms with Crippen LogP contribution in [0.4, 0.5) is 0 Å². The number of carbonyl (C=O) groups excluding carboxylic acids is 1.